The van der Waals surface area contributed by atoms with Crippen LogP contribution in [0, 0.1) is 0 Å². The standard InChI is InChI=1S/C5H5.5CH3.Ir/c1-2-4-5-3-1;;;;;;/h1-5H;5*1H3;. The Morgan fingerprint density at radius 2 is 1.18 bits per heavy atom. The molecular weight excluding hydrogens is 312 g/mol. The molecule has 0 spiro atoms. The van der Waals surface area contributed by atoms with Gasteiger partial charge in [-0.25, -0.2) is 0 Å². The zero-order chi connectivity index (χ0) is 8.81. The fraction of sp³-hybridized carbons (Fsp3) is 0.600. The summed E-state index contributed by atoms with van der Waals surface area (Å²) in [5, 5.41) is 0. The zero-order valence-corrected chi connectivity index (χ0v) is 10.6. The molecular formula is C10H20Ir. The van der Waals surface area contributed by atoms with Gasteiger partial charge in [0, 0.05) is 0 Å². The molecule has 0 aliphatic heterocycles. The molecule has 0 aromatic rings. The first-order valence-corrected chi connectivity index (χ1v) is 16.9. The fourth-order valence-corrected chi connectivity index (χ4v) is 6.18. The Bertz CT molecular complexity index is 209. The van der Waals surface area contributed by atoms with Crippen molar-refractivity contribution in [1.29, 1.82) is 0 Å². The van der Waals surface area contributed by atoms with Gasteiger partial charge < -0.3 is 0 Å². The number of rotatable bonds is 1. The van der Waals surface area contributed by atoms with E-state index in [4.69, 9.17) is 0 Å². The van der Waals surface area contributed by atoms with Gasteiger partial charge in [0.25, 0.3) is 0 Å². The van der Waals surface area contributed by atoms with Crippen molar-refractivity contribution in [2.24, 2.45) is 0 Å². The van der Waals surface area contributed by atoms with Gasteiger partial charge in [0.2, 0.25) is 0 Å². The first-order chi connectivity index (χ1) is 4.59. The fourth-order valence-electron chi connectivity index (χ4n) is 1.04. The molecule has 0 fully saturated rings. The van der Waals surface area contributed by atoms with E-state index in [1.807, 2.05) is 0 Å². The quantitative estimate of drug-likeness (QED) is 0.669. The van der Waals surface area contributed by atoms with E-state index in [0.29, 0.717) is 0 Å². The number of allylic oxidation sites excluding steroid dienone is 4. The molecule has 0 radical (unpaired) electrons. The van der Waals surface area contributed by atoms with Crippen LogP contribution in [0.2, 0.25) is 31.6 Å². The van der Waals surface area contributed by atoms with Crippen molar-refractivity contribution in [2.75, 3.05) is 0 Å². The van der Waals surface area contributed by atoms with Crippen molar-refractivity contribution >= 4 is 0 Å². The van der Waals surface area contributed by atoms with Crippen LogP contribution in [0.25, 0.3) is 0 Å². The van der Waals surface area contributed by atoms with Crippen LogP contribution in [0.4, 0.5) is 0 Å². The summed E-state index contributed by atoms with van der Waals surface area (Å²) in [6.45, 7) is 0. The van der Waals surface area contributed by atoms with E-state index in [1.54, 1.807) is 0 Å². The van der Waals surface area contributed by atoms with Crippen molar-refractivity contribution < 1.29 is 12.9 Å². The molecule has 0 heterocycles. The van der Waals surface area contributed by atoms with Gasteiger partial charge >= 0.3 is 68.8 Å². The Hall–Kier alpha value is 0.129. The summed E-state index contributed by atoms with van der Waals surface area (Å²) in [6, 6.07) is 0. The van der Waals surface area contributed by atoms with Gasteiger partial charge in [-0.2, -0.15) is 0 Å². The van der Waals surface area contributed by atoms with E-state index in [9.17, 15) is 0 Å². The number of hydrogen-bond donors (Lipinski definition) is 0. The van der Waals surface area contributed by atoms with Crippen LogP contribution in [0.5, 0.6) is 0 Å². The van der Waals surface area contributed by atoms with Gasteiger partial charge in [-0.3, -0.25) is 0 Å². The van der Waals surface area contributed by atoms with Gasteiger partial charge in [0.1, 0.15) is 0 Å². The Kier molecular flexibility index (Phi) is 1.44. The summed E-state index contributed by atoms with van der Waals surface area (Å²) < 4.78 is 0.731. The maximum atomic E-state index is 2.49. The van der Waals surface area contributed by atoms with Crippen molar-refractivity contribution in [3.05, 3.63) is 24.3 Å². The van der Waals surface area contributed by atoms with Crippen LogP contribution < -0.4 is 0 Å². The first kappa shape index (κ1) is 9.22. The van der Waals surface area contributed by atoms with E-state index >= 15 is 0 Å². The molecule has 0 N–H and O–H groups in total. The molecule has 0 saturated heterocycles. The van der Waals surface area contributed by atoms with Crippen LogP contribution in [0.15, 0.2) is 24.3 Å². The van der Waals surface area contributed by atoms with Crippen LogP contribution in [-0.4, -0.2) is 0 Å². The van der Waals surface area contributed by atoms with Crippen molar-refractivity contribution in [3.63, 3.8) is 0 Å². The summed E-state index contributed by atoms with van der Waals surface area (Å²) in [5.41, 5.74) is 12.5. The molecule has 11 heavy (non-hydrogen) atoms. The third-order valence-electron chi connectivity index (χ3n) is 1.79. The van der Waals surface area contributed by atoms with E-state index < -0.39 is 12.9 Å². The first-order valence-electron chi connectivity index (χ1n) is 3.53. The van der Waals surface area contributed by atoms with Crippen LogP contribution >= 0.6 is 0 Å². The zero-order valence-electron chi connectivity index (χ0n) is 8.22. The molecule has 0 amide bonds. The van der Waals surface area contributed by atoms with Gasteiger partial charge in [-0.1, -0.05) is 0 Å². The second kappa shape index (κ2) is 1.72. The Morgan fingerprint density at radius 3 is 1.36 bits per heavy atom. The molecule has 0 unspecified atom stereocenters. The molecule has 0 aromatic heterocycles. The SMILES string of the molecule is [CH3][Ir]([CH3])([CH3])([CH3])([CH3])[CH]1C=CC=C1. The van der Waals surface area contributed by atoms with Gasteiger partial charge in [-0.15, -0.1) is 0 Å². The molecule has 0 saturated carbocycles. The minimum absolute atomic E-state index is 0.731. The van der Waals surface area contributed by atoms with E-state index in [0.717, 1.165) is 4.43 Å². The molecule has 1 heteroatoms. The third-order valence-corrected chi connectivity index (χ3v) is 10.7. The Labute approximate surface area is 69.0 Å². The molecule has 0 aromatic carbocycles. The average Bonchev–Trinajstić information content (AvgIpc) is 2.01. The predicted octanol–water partition coefficient (Wildman–Crippen LogP) is 4.37. The maximum absolute atomic E-state index is 2.58. The van der Waals surface area contributed by atoms with Crippen molar-refractivity contribution in [3.8, 4) is 0 Å². The molecule has 1 aliphatic carbocycles. The second-order valence-corrected chi connectivity index (χ2v) is 37.9. The Balaban J connectivity index is 3.09. The summed E-state index contributed by atoms with van der Waals surface area (Å²) >= 11 is -2.58. The van der Waals surface area contributed by atoms with Gasteiger partial charge in [-0.05, 0) is 0 Å². The van der Waals surface area contributed by atoms with Crippen LogP contribution in [0.3, 0.4) is 0 Å². The third kappa shape index (κ3) is 2.28. The summed E-state index contributed by atoms with van der Waals surface area (Å²) in [7, 11) is 0. The molecule has 1 aliphatic rings. The monoisotopic (exact) mass is 333 g/mol. The molecule has 0 atom stereocenters. The Morgan fingerprint density at radius 1 is 0.818 bits per heavy atom. The summed E-state index contributed by atoms with van der Waals surface area (Å²) in [5.74, 6) is 0. The average molecular weight is 332 g/mol. The normalized spacial score (nSPS) is 25.2. The van der Waals surface area contributed by atoms with Gasteiger partial charge in [0.05, 0.1) is 0 Å². The van der Waals surface area contributed by atoms with E-state index in [2.05, 4.69) is 51.5 Å². The number of hydrogen-bond acceptors (Lipinski definition) is 0. The van der Waals surface area contributed by atoms with Crippen molar-refractivity contribution in [2.45, 2.75) is 31.6 Å². The molecule has 1 rings (SSSR count). The summed E-state index contributed by atoms with van der Waals surface area (Å²) in [4.78, 5) is 0. The minimum atomic E-state index is -2.58. The second-order valence-electron chi connectivity index (χ2n) is 5.48. The van der Waals surface area contributed by atoms with Crippen molar-refractivity contribution in [1.82, 2.24) is 0 Å². The summed E-state index contributed by atoms with van der Waals surface area (Å²) in [6.07, 6.45) is 9.06. The van der Waals surface area contributed by atoms with Crippen LogP contribution in [-0.2, 0) is 12.9 Å². The topological polar surface area (TPSA) is 0 Å². The molecule has 0 bridgehead atoms. The van der Waals surface area contributed by atoms with E-state index in [-0.39, 0.29) is 0 Å². The van der Waals surface area contributed by atoms with E-state index in [1.165, 1.54) is 0 Å². The van der Waals surface area contributed by atoms with Gasteiger partial charge in [0.15, 0.2) is 0 Å². The predicted molar refractivity (Wildman–Crippen MR) is 51.4 cm³/mol. The van der Waals surface area contributed by atoms with Crippen LogP contribution in [0.1, 0.15) is 0 Å². The molecule has 69 valence electrons. The molecule has 0 nitrogen and oxygen atoms in total.